The topological polar surface area (TPSA) is 45.6 Å². The van der Waals surface area contributed by atoms with E-state index in [0.717, 1.165) is 45.4 Å². The lowest BCUT2D eigenvalue weighted by molar-refractivity contribution is -0.177. The van der Waals surface area contributed by atoms with E-state index >= 15 is 0 Å². The van der Waals surface area contributed by atoms with Gasteiger partial charge in [0.05, 0.1) is 17.4 Å². The van der Waals surface area contributed by atoms with Crippen LogP contribution in [0.15, 0.2) is 18.3 Å². The van der Waals surface area contributed by atoms with E-state index in [4.69, 9.17) is 4.74 Å². The highest BCUT2D eigenvalue weighted by molar-refractivity contribution is 5.07. The van der Waals surface area contributed by atoms with Crippen LogP contribution in [0.1, 0.15) is 31.4 Å². The van der Waals surface area contributed by atoms with E-state index in [2.05, 4.69) is 9.88 Å². The van der Waals surface area contributed by atoms with Crippen LogP contribution >= 0.6 is 0 Å². The number of piperidine rings is 1. The van der Waals surface area contributed by atoms with Crippen molar-refractivity contribution in [2.45, 2.75) is 43.9 Å². The summed E-state index contributed by atoms with van der Waals surface area (Å²) in [5.74, 6) is -0.248. The van der Waals surface area contributed by atoms with Gasteiger partial charge in [-0.25, -0.2) is 4.39 Å². The van der Waals surface area contributed by atoms with Gasteiger partial charge in [0.2, 0.25) is 0 Å². The number of rotatable bonds is 2. The average Bonchev–Trinajstić information content (AvgIpc) is 2.47. The lowest BCUT2D eigenvalue weighted by atomic mass is 9.82. The van der Waals surface area contributed by atoms with Crippen molar-refractivity contribution in [3.63, 3.8) is 0 Å². The lowest BCUT2D eigenvalue weighted by Gasteiger charge is -2.46. The third-order valence-electron chi connectivity index (χ3n) is 4.53. The van der Waals surface area contributed by atoms with Crippen LogP contribution in [0.2, 0.25) is 0 Å². The van der Waals surface area contributed by atoms with E-state index in [9.17, 15) is 9.50 Å². The summed E-state index contributed by atoms with van der Waals surface area (Å²) >= 11 is 0. The van der Waals surface area contributed by atoms with Crippen LogP contribution in [-0.4, -0.2) is 46.4 Å². The molecule has 2 saturated heterocycles. The molecule has 1 N–H and O–H groups in total. The number of hydrogen-bond donors (Lipinski definition) is 1. The van der Waals surface area contributed by atoms with Gasteiger partial charge in [0, 0.05) is 32.4 Å². The van der Waals surface area contributed by atoms with Crippen molar-refractivity contribution in [3.8, 4) is 0 Å². The predicted octanol–water partition coefficient (Wildman–Crippen LogP) is 1.73. The van der Waals surface area contributed by atoms with Gasteiger partial charge in [-0.1, -0.05) is 0 Å². The zero-order valence-corrected chi connectivity index (χ0v) is 11.6. The molecule has 0 bridgehead atoms. The van der Waals surface area contributed by atoms with Gasteiger partial charge in [0.25, 0.3) is 0 Å². The summed E-state index contributed by atoms with van der Waals surface area (Å²) in [4.78, 5) is 6.28. The maximum absolute atomic E-state index is 13.6. The molecule has 0 amide bonds. The summed E-state index contributed by atoms with van der Waals surface area (Å²) in [6.07, 6.45) is 4.65. The minimum atomic E-state index is -0.364. The molecule has 0 aromatic carbocycles. The quantitative estimate of drug-likeness (QED) is 0.896. The van der Waals surface area contributed by atoms with E-state index in [1.54, 1.807) is 12.3 Å². The maximum Gasteiger partial charge on any atom is 0.146 e. The van der Waals surface area contributed by atoms with Crippen molar-refractivity contribution >= 4 is 0 Å². The number of aliphatic hydroxyl groups is 1. The second kappa shape index (κ2) is 5.76. The summed E-state index contributed by atoms with van der Waals surface area (Å²) in [5.41, 5.74) is 0.130. The van der Waals surface area contributed by atoms with Gasteiger partial charge in [-0.3, -0.25) is 9.88 Å². The van der Waals surface area contributed by atoms with E-state index < -0.39 is 0 Å². The molecule has 0 radical (unpaired) electrons. The van der Waals surface area contributed by atoms with E-state index in [1.165, 1.54) is 6.07 Å². The molecular weight excluding hydrogens is 259 g/mol. The summed E-state index contributed by atoms with van der Waals surface area (Å²) < 4.78 is 19.5. The van der Waals surface area contributed by atoms with Gasteiger partial charge >= 0.3 is 0 Å². The number of likely N-dealkylation sites (tertiary alicyclic amines) is 1. The first-order valence-electron chi connectivity index (χ1n) is 7.33. The fraction of sp³-hybridized carbons (Fsp3) is 0.667. The van der Waals surface area contributed by atoms with Crippen LogP contribution in [-0.2, 0) is 11.3 Å². The summed E-state index contributed by atoms with van der Waals surface area (Å²) in [6.45, 7) is 2.89. The molecule has 3 rings (SSSR count). The van der Waals surface area contributed by atoms with Gasteiger partial charge in [-0.05, 0) is 37.8 Å². The molecule has 110 valence electrons. The van der Waals surface area contributed by atoms with E-state index in [-0.39, 0.29) is 17.5 Å². The van der Waals surface area contributed by atoms with Crippen LogP contribution in [0.5, 0.6) is 0 Å². The number of halogens is 1. The maximum atomic E-state index is 13.6. The van der Waals surface area contributed by atoms with Crippen LogP contribution < -0.4 is 0 Å². The Kier molecular flexibility index (Phi) is 4.01. The van der Waals surface area contributed by atoms with Crippen LogP contribution in [0.25, 0.3) is 0 Å². The normalized spacial score (nSPS) is 26.8. The van der Waals surface area contributed by atoms with Gasteiger partial charge in [0.15, 0.2) is 0 Å². The number of hydrogen-bond acceptors (Lipinski definition) is 4. The molecule has 0 aliphatic carbocycles. The van der Waals surface area contributed by atoms with Gasteiger partial charge in [-0.2, -0.15) is 0 Å². The minimum absolute atomic E-state index is 0.248. The molecule has 2 aliphatic heterocycles. The standard InChI is InChI=1S/C15H21FN2O2/c16-12-3-1-7-17-13(12)11-18-8-5-15(6-9-18)14(19)4-2-10-20-15/h1,3,7,14,19H,2,4-6,8-11H2/t14-/m1/s1. The van der Waals surface area contributed by atoms with Crippen molar-refractivity contribution in [3.05, 3.63) is 29.8 Å². The number of aliphatic hydroxyl groups excluding tert-OH is 1. The average molecular weight is 280 g/mol. The van der Waals surface area contributed by atoms with Gasteiger partial charge in [0.1, 0.15) is 5.82 Å². The van der Waals surface area contributed by atoms with Crippen molar-refractivity contribution in [2.24, 2.45) is 0 Å². The molecule has 5 heteroatoms. The van der Waals surface area contributed by atoms with Crippen molar-refractivity contribution in [2.75, 3.05) is 19.7 Å². The molecular formula is C15H21FN2O2. The Labute approximate surface area is 118 Å². The Balaban J connectivity index is 1.60. The van der Waals surface area contributed by atoms with Crippen LogP contribution in [0.4, 0.5) is 4.39 Å². The highest BCUT2D eigenvalue weighted by atomic mass is 19.1. The largest absolute Gasteiger partial charge is 0.390 e. The number of pyridine rings is 1. The Morgan fingerprint density at radius 2 is 2.25 bits per heavy atom. The summed E-state index contributed by atoms with van der Waals surface area (Å²) in [7, 11) is 0. The molecule has 20 heavy (non-hydrogen) atoms. The highest BCUT2D eigenvalue weighted by Crippen LogP contribution is 2.35. The van der Waals surface area contributed by atoms with E-state index in [0.29, 0.717) is 12.2 Å². The van der Waals surface area contributed by atoms with Crippen molar-refractivity contribution in [1.29, 1.82) is 0 Å². The first-order valence-corrected chi connectivity index (χ1v) is 7.33. The molecule has 2 fully saturated rings. The highest BCUT2D eigenvalue weighted by Gasteiger charge is 2.43. The third-order valence-corrected chi connectivity index (χ3v) is 4.53. The van der Waals surface area contributed by atoms with Crippen molar-refractivity contribution < 1.29 is 14.2 Å². The molecule has 1 aromatic heterocycles. The van der Waals surface area contributed by atoms with Gasteiger partial charge in [-0.15, -0.1) is 0 Å². The zero-order chi connectivity index (χ0) is 14.0. The Morgan fingerprint density at radius 3 is 2.95 bits per heavy atom. The molecule has 1 spiro atoms. The second-order valence-corrected chi connectivity index (χ2v) is 5.78. The summed E-state index contributed by atoms with van der Waals surface area (Å²) in [6, 6.07) is 3.05. The van der Waals surface area contributed by atoms with Crippen LogP contribution in [0.3, 0.4) is 0 Å². The first-order chi connectivity index (χ1) is 9.70. The molecule has 2 aliphatic rings. The Bertz CT molecular complexity index is 461. The fourth-order valence-corrected chi connectivity index (χ4v) is 3.23. The van der Waals surface area contributed by atoms with Crippen LogP contribution in [0, 0.1) is 5.82 Å². The first kappa shape index (κ1) is 13.9. The summed E-state index contributed by atoms with van der Waals surface area (Å²) in [5, 5.41) is 10.2. The lowest BCUT2D eigenvalue weighted by Crippen LogP contribution is -2.55. The monoisotopic (exact) mass is 280 g/mol. The molecule has 3 heterocycles. The third kappa shape index (κ3) is 2.71. The molecule has 1 aromatic rings. The smallest absolute Gasteiger partial charge is 0.146 e. The molecule has 0 saturated carbocycles. The van der Waals surface area contributed by atoms with Gasteiger partial charge < -0.3 is 9.84 Å². The molecule has 0 unspecified atom stereocenters. The minimum Gasteiger partial charge on any atom is -0.390 e. The SMILES string of the molecule is O[C@@H]1CCCOC12CCN(Cc1ncccc1F)CC2. The number of ether oxygens (including phenoxy) is 1. The Morgan fingerprint density at radius 1 is 1.45 bits per heavy atom. The fourth-order valence-electron chi connectivity index (χ4n) is 3.23. The number of aromatic nitrogens is 1. The van der Waals surface area contributed by atoms with Crippen molar-refractivity contribution in [1.82, 2.24) is 9.88 Å². The van der Waals surface area contributed by atoms with E-state index in [1.807, 2.05) is 0 Å². The Hall–Kier alpha value is -1.04. The molecule has 4 nitrogen and oxygen atoms in total. The second-order valence-electron chi connectivity index (χ2n) is 5.78. The predicted molar refractivity (Wildman–Crippen MR) is 72.6 cm³/mol. The molecule has 1 atom stereocenters. The zero-order valence-electron chi connectivity index (χ0n) is 11.6. The number of nitrogens with zero attached hydrogens (tertiary/aromatic N) is 2.